The lowest BCUT2D eigenvalue weighted by Gasteiger charge is -2.40. The number of pyridine rings is 1. The Hall–Kier alpha value is -2.28. The molecule has 3 rings (SSSR count). The number of methoxy groups -OCH3 is 1. The Morgan fingerprint density at radius 1 is 1.25 bits per heavy atom. The lowest BCUT2D eigenvalue weighted by molar-refractivity contribution is -0.137. The van der Waals surface area contributed by atoms with Gasteiger partial charge in [-0.05, 0) is 44.2 Å². The Kier molecular flexibility index (Phi) is 6.78. The zero-order valence-electron chi connectivity index (χ0n) is 17.1. The van der Waals surface area contributed by atoms with Crippen LogP contribution in [0.25, 0.3) is 11.5 Å². The van der Waals surface area contributed by atoms with Gasteiger partial charge in [0.15, 0.2) is 5.82 Å². The van der Waals surface area contributed by atoms with E-state index in [2.05, 4.69) is 24.0 Å². The molecule has 0 aliphatic carbocycles. The zero-order chi connectivity index (χ0) is 20.0. The molecule has 0 N–H and O–H groups in total. The summed E-state index contributed by atoms with van der Waals surface area (Å²) >= 11 is 0. The molecule has 1 aliphatic heterocycles. The van der Waals surface area contributed by atoms with E-state index in [0.717, 1.165) is 50.8 Å². The molecule has 2 aromatic heterocycles. The maximum absolute atomic E-state index is 12.8. The predicted molar refractivity (Wildman–Crippen MR) is 106 cm³/mol. The van der Waals surface area contributed by atoms with Crippen LogP contribution in [0, 0.1) is 5.92 Å². The van der Waals surface area contributed by atoms with Crippen LogP contribution >= 0.6 is 0 Å². The van der Waals surface area contributed by atoms with Gasteiger partial charge in [-0.1, -0.05) is 19.0 Å². The minimum absolute atomic E-state index is 0.120. The Morgan fingerprint density at radius 2 is 1.93 bits per heavy atom. The standard InChI is InChI=1S/C21H30N4O3/c1-4-16(5-2)19(26)25-13-8-21(9-14-25,10-15-27-3)20-23-18(28-24-20)17-6-11-22-12-7-17/h6-7,11-12,16H,4-5,8-10,13-15H2,1-3H3. The summed E-state index contributed by atoms with van der Waals surface area (Å²) in [6.07, 6.45) is 7.65. The van der Waals surface area contributed by atoms with Gasteiger partial charge < -0.3 is 14.2 Å². The van der Waals surface area contributed by atoms with Gasteiger partial charge in [-0.15, -0.1) is 0 Å². The molecule has 1 amide bonds. The summed E-state index contributed by atoms with van der Waals surface area (Å²) in [5.74, 6) is 1.61. The van der Waals surface area contributed by atoms with Gasteiger partial charge >= 0.3 is 0 Å². The van der Waals surface area contributed by atoms with Gasteiger partial charge in [-0.3, -0.25) is 9.78 Å². The van der Waals surface area contributed by atoms with E-state index in [1.807, 2.05) is 17.0 Å². The normalized spacial score (nSPS) is 16.5. The van der Waals surface area contributed by atoms with E-state index in [0.29, 0.717) is 18.3 Å². The van der Waals surface area contributed by atoms with Crippen LogP contribution in [0.3, 0.4) is 0 Å². The minimum Gasteiger partial charge on any atom is -0.385 e. The van der Waals surface area contributed by atoms with Crippen molar-refractivity contribution in [3.63, 3.8) is 0 Å². The first-order valence-electron chi connectivity index (χ1n) is 10.2. The van der Waals surface area contributed by atoms with Gasteiger partial charge in [0.25, 0.3) is 5.89 Å². The third-order valence-corrected chi connectivity index (χ3v) is 5.98. The molecule has 28 heavy (non-hydrogen) atoms. The van der Waals surface area contributed by atoms with E-state index < -0.39 is 0 Å². The van der Waals surface area contributed by atoms with Crippen molar-refractivity contribution in [1.29, 1.82) is 0 Å². The Morgan fingerprint density at radius 3 is 2.54 bits per heavy atom. The summed E-state index contributed by atoms with van der Waals surface area (Å²) in [5, 5.41) is 4.31. The number of carbonyl (C=O) groups is 1. The molecule has 1 fully saturated rings. The lowest BCUT2D eigenvalue weighted by atomic mass is 9.75. The molecule has 1 saturated heterocycles. The first-order chi connectivity index (χ1) is 13.6. The van der Waals surface area contributed by atoms with Crippen molar-refractivity contribution in [3.05, 3.63) is 30.4 Å². The highest BCUT2D eigenvalue weighted by Crippen LogP contribution is 2.38. The second-order valence-electron chi connectivity index (χ2n) is 7.52. The summed E-state index contributed by atoms with van der Waals surface area (Å²) in [7, 11) is 1.71. The fourth-order valence-electron chi connectivity index (χ4n) is 3.98. The smallest absolute Gasteiger partial charge is 0.258 e. The molecule has 7 nitrogen and oxygen atoms in total. The summed E-state index contributed by atoms with van der Waals surface area (Å²) in [6.45, 7) is 6.23. The van der Waals surface area contributed by atoms with E-state index in [9.17, 15) is 4.79 Å². The molecule has 7 heteroatoms. The van der Waals surface area contributed by atoms with Crippen LogP contribution in [0.15, 0.2) is 29.0 Å². The number of hydrogen-bond acceptors (Lipinski definition) is 6. The van der Waals surface area contributed by atoms with Crippen molar-refractivity contribution in [2.75, 3.05) is 26.8 Å². The van der Waals surface area contributed by atoms with Gasteiger partial charge in [0, 0.05) is 56.1 Å². The first kappa shape index (κ1) is 20.5. The van der Waals surface area contributed by atoms with E-state index in [1.54, 1.807) is 19.5 Å². The molecule has 2 aromatic rings. The second-order valence-corrected chi connectivity index (χ2v) is 7.52. The molecular weight excluding hydrogens is 356 g/mol. The van der Waals surface area contributed by atoms with E-state index in [1.165, 1.54) is 0 Å². The number of carbonyl (C=O) groups excluding carboxylic acids is 1. The second kappa shape index (κ2) is 9.28. The largest absolute Gasteiger partial charge is 0.385 e. The van der Waals surface area contributed by atoms with Crippen molar-refractivity contribution in [1.82, 2.24) is 20.0 Å². The highest BCUT2D eigenvalue weighted by molar-refractivity contribution is 5.78. The first-order valence-corrected chi connectivity index (χ1v) is 10.2. The van der Waals surface area contributed by atoms with Crippen molar-refractivity contribution >= 4 is 5.91 Å². The average molecular weight is 386 g/mol. The number of hydrogen-bond donors (Lipinski definition) is 0. The number of rotatable bonds is 8. The SMILES string of the molecule is CCC(CC)C(=O)N1CCC(CCOC)(c2noc(-c3ccncc3)n2)CC1. The predicted octanol–water partition coefficient (Wildman–Crippen LogP) is 3.46. The number of aromatic nitrogens is 3. The maximum Gasteiger partial charge on any atom is 0.258 e. The summed E-state index contributed by atoms with van der Waals surface area (Å²) < 4.78 is 10.9. The van der Waals surface area contributed by atoms with E-state index >= 15 is 0 Å². The van der Waals surface area contributed by atoms with Gasteiger partial charge in [0.1, 0.15) is 0 Å². The molecule has 0 radical (unpaired) electrons. The van der Waals surface area contributed by atoms with Crippen LogP contribution in [0.2, 0.25) is 0 Å². The molecule has 0 spiro atoms. The molecule has 3 heterocycles. The number of nitrogens with zero attached hydrogens (tertiary/aromatic N) is 4. The van der Waals surface area contributed by atoms with Crippen molar-refractivity contribution in [2.24, 2.45) is 5.92 Å². The van der Waals surface area contributed by atoms with Crippen LogP contribution in [0.1, 0.15) is 51.8 Å². The fraction of sp³-hybridized carbons (Fsp3) is 0.619. The molecule has 0 bridgehead atoms. The summed E-state index contributed by atoms with van der Waals surface area (Å²) in [6, 6.07) is 3.71. The van der Waals surface area contributed by atoms with Crippen LogP contribution in [-0.2, 0) is 14.9 Å². The molecule has 0 aromatic carbocycles. The summed E-state index contributed by atoms with van der Waals surface area (Å²) in [5.41, 5.74) is 0.632. The third kappa shape index (κ3) is 4.24. The van der Waals surface area contributed by atoms with Crippen LogP contribution in [0.5, 0.6) is 0 Å². The number of amides is 1. The molecule has 0 saturated carbocycles. The van der Waals surface area contributed by atoms with Gasteiger partial charge in [-0.25, -0.2) is 0 Å². The van der Waals surface area contributed by atoms with Crippen molar-refractivity contribution in [3.8, 4) is 11.5 Å². The molecule has 0 atom stereocenters. The molecule has 0 unspecified atom stereocenters. The molecular formula is C21H30N4O3. The maximum atomic E-state index is 12.8. The van der Waals surface area contributed by atoms with Crippen LogP contribution in [0.4, 0.5) is 0 Å². The Balaban J connectivity index is 1.78. The topological polar surface area (TPSA) is 81.4 Å². The summed E-state index contributed by atoms with van der Waals surface area (Å²) in [4.78, 5) is 23.5. The highest BCUT2D eigenvalue weighted by atomic mass is 16.5. The number of piperidine rings is 1. The Bertz CT molecular complexity index is 750. The average Bonchev–Trinajstić information content (AvgIpc) is 3.25. The monoisotopic (exact) mass is 386 g/mol. The Labute approximate surface area is 166 Å². The highest BCUT2D eigenvalue weighted by Gasteiger charge is 2.41. The van der Waals surface area contributed by atoms with Crippen LogP contribution < -0.4 is 0 Å². The van der Waals surface area contributed by atoms with Crippen molar-refractivity contribution in [2.45, 2.75) is 51.4 Å². The zero-order valence-corrected chi connectivity index (χ0v) is 17.1. The van der Waals surface area contributed by atoms with E-state index in [4.69, 9.17) is 14.2 Å². The van der Waals surface area contributed by atoms with E-state index in [-0.39, 0.29) is 17.2 Å². The van der Waals surface area contributed by atoms with Crippen LogP contribution in [-0.4, -0.2) is 52.7 Å². The van der Waals surface area contributed by atoms with Gasteiger partial charge in [0.2, 0.25) is 5.91 Å². The third-order valence-electron chi connectivity index (χ3n) is 5.98. The lowest BCUT2D eigenvalue weighted by Crippen LogP contribution is -2.47. The number of likely N-dealkylation sites (tertiary alicyclic amines) is 1. The quantitative estimate of drug-likeness (QED) is 0.691. The number of ether oxygens (including phenoxy) is 1. The van der Waals surface area contributed by atoms with Crippen molar-refractivity contribution < 1.29 is 14.1 Å². The minimum atomic E-state index is -0.227. The van der Waals surface area contributed by atoms with Gasteiger partial charge in [-0.2, -0.15) is 4.98 Å². The van der Waals surface area contributed by atoms with Gasteiger partial charge in [0.05, 0.1) is 0 Å². The molecule has 1 aliphatic rings. The molecule has 152 valence electrons. The fourth-order valence-corrected chi connectivity index (χ4v) is 3.98.